The largest absolute Gasteiger partial charge is 0.384 e. The third-order valence-electron chi connectivity index (χ3n) is 2.78. The predicted molar refractivity (Wildman–Crippen MR) is 70.6 cm³/mol. The van der Waals surface area contributed by atoms with E-state index in [-0.39, 0.29) is 0 Å². The maximum Gasteiger partial charge on any atom is 0.161 e. The average Bonchev–Trinajstić information content (AvgIpc) is 2.38. The van der Waals surface area contributed by atoms with Gasteiger partial charge in [-0.1, -0.05) is 38.1 Å². The molecule has 0 bridgehead atoms. The van der Waals surface area contributed by atoms with Gasteiger partial charge >= 0.3 is 0 Å². The summed E-state index contributed by atoms with van der Waals surface area (Å²) < 4.78 is 0. The average molecular weight is 227 g/mol. The zero-order chi connectivity index (χ0) is 12.3. The van der Waals surface area contributed by atoms with E-state index in [9.17, 15) is 0 Å². The summed E-state index contributed by atoms with van der Waals surface area (Å²) in [7, 11) is 0. The van der Waals surface area contributed by atoms with Gasteiger partial charge in [0, 0.05) is 17.3 Å². The molecular weight excluding hydrogens is 210 g/mol. The highest BCUT2D eigenvalue weighted by molar-refractivity contribution is 5.57. The summed E-state index contributed by atoms with van der Waals surface area (Å²) in [4.78, 5) is 8.76. The number of nitrogens with zero attached hydrogens (tertiary/aromatic N) is 2. The van der Waals surface area contributed by atoms with Gasteiger partial charge in [-0.2, -0.15) is 0 Å². The van der Waals surface area contributed by atoms with Crippen LogP contribution in [0.3, 0.4) is 0 Å². The summed E-state index contributed by atoms with van der Waals surface area (Å²) in [6.07, 6.45) is 1.91. The molecule has 1 aromatic carbocycles. The molecule has 0 saturated carbocycles. The first kappa shape index (κ1) is 11.6. The molecule has 0 spiro atoms. The third-order valence-corrected chi connectivity index (χ3v) is 2.78. The summed E-state index contributed by atoms with van der Waals surface area (Å²) in [6.45, 7) is 4.20. The number of benzene rings is 1. The molecule has 0 atom stereocenters. The first-order valence-corrected chi connectivity index (χ1v) is 5.95. The van der Waals surface area contributed by atoms with Gasteiger partial charge in [0.15, 0.2) is 5.82 Å². The van der Waals surface area contributed by atoms with E-state index in [1.807, 2.05) is 18.2 Å². The molecule has 0 aliphatic rings. The Kier molecular flexibility index (Phi) is 3.38. The quantitative estimate of drug-likeness (QED) is 0.877. The minimum Gasteiger partial charge on any atom is -0.384 e. The van der Waals surface area contributed by atoms with Crippen molar-refractivity contribution >= 4 is 5.82 Å². The first-order chi connectivity index (χ1) is 8.22. The molecule has 0 fully saturated rings. The lowest BCUT2D eigenvalue weighted by atomic mass is 10.1. The number of aryl methyl sites for hydroxylation is 2. The Balaban J connectivity index is 2.41. The summed E-state index contributed by atoms with van der Waals surface area (Å²) in [5, 5.41) is 0. The number of nitrogen functional groups attached to an aromatic ring is 1. The molecule has 1 heterocycles. The lowest BCUT2D eigenvalue weighted by molar-refractivity contribution is 1.01. The van der Waals surface area contributed by atoms with Crippen molar-refractivity contribution in [3.05, 3.63) is 41.6 Å². The minimum atomic E-state index is 0.534. The van der Waals surface area contributed by atoms with Gasteiger partial charge in [-0.05, 0) is 18.4 Å². The summed E-state index contributed by atoms with van der Waals surface area (Å²) in [5.74, 6) is 1.25. The number of anilines is 1. The molecule has 0 aliphatic heterocycles. The van der Waals surface area contributed by atoms with Gasteiger partial charge in [0.05, 0.1) is 0 Å². The Labute approximate surface area is 102 Å². The Hall–Kier alpha value is -1.90. The smallest absolute Gasteiger partial charge is 0.161 e. The number of aromatic nitrogens is 2. The summed E-state index contributed by atoms with van der Waals surface area (Å²) >= 11 is 0. The van der Waals surface area contributed by atoms with E-state index < -0.39 is 0 Å². The second-order valence-corrected chi connectivity index (χ2v) is 4.01. The normalized spacial score (nSPS) is 10.5. The Bertz CT molecular complexity index is 503. The van der Waals surface area contributed by atoms with Crippen LogP contribution >= 0.6 is 0 Å². The van der Waals surface area contributed by atoms with Crippen molar-refractivity contribution in [3.8, 4) is 11.4 Å². The van der Waals surface area contributed by atoms with Gasteiger partial charge in [-0.25, -0.2) is 9.97 Å². The van der Waals surface area contributed by atoms with Gasteiger partial charge < -0.3 is 5.73 Å². The zero-order valence-electron chi connectivity index (χ0n) is 10.3. The number of hydrogen-bond donors (Lipinski definition) is 1. The van der Waals surface area contributed by atoms with Crippen molar-refractivity contribution in [1.29, 1.82) is 0 Å². The van der Waals surface area contributed by atoms with Crippen molar-refractivity contribution < 1.29 is 0 Å². The SMILES string of the molecule is CCc1ccc(-c2nc(N)cc(CC)n2)cc1. The molecule has 0 saturated heterocycles. The predicted octanol–water partition coefficient (Wildman–Crippen LogP) is 2.85. The van der Waals surface area contributed by atoms with E-state index in [0.717, 1.165) is 24.1 Å². The van der Waals surface area contributed by atoms with Crippen molar-refractivity contribution in [2.45, 2.75) is 26.7 Å². The van der Waals surface area contributed by atoms with Crippen LogP contribution in [0.2, 0.25) is 0 Å². The molecule has 3 heteroatoms. The number of hydrogen-bond acceptors (Lipinski definition) is 3. The standard InChI is InChI=1S/C14H17N3/c1-3-10-5-7-11(8-6-10)14-16-12(4-2)9-13(15)17-14/h5-9H,3-4H2,1-2H3,(H2,15,16,17). The van der Waals surface area contributed by atoms with Crippen LogP contribution in [0, 0.1) is 0 Å². The number of nitrogens with two attached hydrogens (primary N) is 1. The van der Waals surface area contributed by atoms with Crippen LogP contribution in [0.25, 0.3) is 11.4 Å². The van der Waals surface area contributed by atoms with E-state index in [0.29, 0.717) is 11.6 Å². The lowest BCUT2D eigenvalue weighted by Gasteiger charge is -2.05. The molecule has 17 heavy (non-hydrogen) atoms. The second kappa shape index (κ2) is 4.95. The van der Waals surface area contributed by atoms with Crippen molar-refractivity contribution in [1.82, 2.24) is 9.97 Å². The van der Waals surface area contributed by atoms with Crippen molar-refractivity contribution in [2.75, 3.05) is 5.73 Å². The van der Waals surface area contributed by atoms with Crippen LogP contribution in [-0.2, 0) is 12.8 Å². The molecule has 0 radical (unpaired) electrons. The maximum atomic E-state index is 5.78. The molecule has 2 rings (SSSR count). The monoisotopic (exact) mass is 227 g/mol. The van der Waals surface area contributed by atoms with Crippen LogP contribution in [0.5, 0.6) is 0 Å². The van der Waals surface area contributed by atoms with E-state index in [4.69, 9.17) is 5.73 Å². The fourth-order valence-corrected chi connectivity index (χ4v) is 1.72. The van der Waals surface area contributed by atoms with Gasteiger partial charge in [-0.15, -0.1) is 0 Å². The van der Waals surface area contributed by atoms with Crippen molar-refractivity contribution in [3.63, 3.8) is 0 Å². The lowest BCUT2D eigenvalue weighted by Crippen LogP contribution is -1.99. The Morgan fingerprint density at radius 1 is 1.00 bits per heavy atom. The van der Waals surface area contributed by atoms with E-state index in [2.05, 4.69) is 35.9 Å². The van der Waals surface area contributed by atoms with E-state index in [1.54, 1.807) is 0 Å². The molecule has 0 unspecified atom stereocenters. The topological polar surface area (TPSA) is 51.8 Å². The minimum absolute atomic E-state index is 0.534. The fraction of sp³-hybridized carbons (Fsp3) is 0.286. The molecule has 1 aromatic heterocycles. The second-order valence-electron chi connectivity index (χ2n) is 4.01. The molecular formula is C14H17N3. The molecule has 3 nitrogen and oxygen atoms in total. The van der Waals surface area contributed by atoms with Crippen LogP contribution in [0.4, 0.5) is 5.82 Å². The van der Waals surface area contributed by atoms with Crippen LogP contribution in [0.15, 0.2) is 30.3 Å². The first-order valence-electron chi connectivity index (χ1n) is 5.95. The Morgan fingerprint density at radius 2 is 1.71 bits per heavy atom. The maximum absolute atomic E-state index is 5.78. The Morgan fingerprint density at radius 3 is 2.29 bits per heavy atom. The summed E-state index contributed by atoms with van der Waals surface area (Å²) in [6, 6.07) is 10.1. The van der Waals surface area contributed by atoms with Gasteiger partial charge in [0.1, 0.15) is 5.82 Å². The van der Waals surface area contributed by atoms with Gasteiger partial charge in [0.2, 0.25) is 0 Å². The van der Waals surface area contributed by atoms with E-state index >= 15 is 0 Å². The fourth-order valence-electron chi connectivity index (χ4n) is 1.72. The zero-order valence-corrected chi connectivity index (χ0v) is 10.3. The highest BCUT2D eigenvalue weighted by atomic mass is 14.9. The highest BCUT2D eigenvalue weighted by Crippen LogP contribution is 2.18. The van der Waals surface area contributed by atoms with Crippen LogP contribution in [-0.4, -0.2) is 9.97 Å². The summed E-state index contributed by atoms with van der Waals surface area (Å²) in [5.41, 5.74) is 9.09. The van der Waals surface area contributed by atoms with Gasteiger partial charge in [0.25, 0.3) is 0 Å². The van der Waals surface area contributed by atoms with Crippen molar-refractivity contribution in [2.24, 2.45) is 0 Å². The van der Waals surface area contributed by atoms with Gasteiger partial charge in [-0.3, -0.25) is 0 Å². The van der Waals surface area contributed by atoms with E-state index in [1.165, 1.54) is 5.56 Å². The molecule has 0 amide bonds. The molecule has 2 N–H and O–H groups in total. The van der Waals surface area contributed by atoms with Crippen LogP contribution < -0.4 is 5.73 Å². The molecule has 2 aromatic rings. The third kappa shape index (κ3) is 2.61. The highest BCUT2D eigenvalue weighted by Gasteiger charge is 2.04. The number of rotatable bonds is 3. The molecule has 88 valence electrons. The molecule has 0 aliphatic carbocycles. The van der Waals surface area contributed by atoms with Crippen LogP contribution in [0.1, 0.15) is 25.1 Å².